The molecule has 0 aliphatic heterocycles. The minimum Gasteiger partial charge on any atom is -0.314 e. The normalized spacial score (nSPS) is 23.8. The molecule has 0 radical (unpaired) electrons. The van der Waals surface area contributed by atoms with E-state index in [2.05, 4.69) is 5.32 Å². The number of rotatable bonds is 6. The molecule has 2 saturated carbocycles. The Morgan fingerprint density at radius 3 is 2.26 bits per heavy atom. The molecule has 1 N–H and O–H groups in total. The second kappa shape index (κ2) is 6.00. The van der Waals surface area contributed by atoms with Gasteiger partial charge >= 0.3 is 6.18 Å². The first-order chi connectivity index (χ1) is 8.94. The molecule has 0 atom stereocenters. The maximum atomic E-state index is 12.6. The quantitative estimate of drug-likeness (QED) is 0.801. The summed E-state index contributed by atoms with van der Waals surface area (Å²) in [4.78, 5) is 1.65. The van der Waals surface area contributed by atoms with Gasteiger partial charge in [-0.15, -0.1) is 0 Å². The maximum absolute atomic E-state index is 12.6. The van der Waals surface area contributed by atoms with E-state index in [1.54, 1.807) is 4.90 Å². The number of halogens is 3. The van der Waals surface area contributed by atoms with Crippen molar-refractivity contribution in [3.63, 3.8) is 0 Å². The summed E-state index contributed by atoms with van der Waals surface area (Å²) in [5.74, 6) is 0. The lowest BCUT2D eigenvalue weighted by Crippen LogP contribution is -2.48. The van der Waals surface area contributed by atoms with Crippen LogP contribution in [0.15, 0.2) is 0 Å². The van der Waals surface area contributed by atoms with E-state index in [0.717, 1.165) is 32.1 Å². The van der Waals surface area contributed by atoms with Gasteiger partial charge in [0.05, 0.1) is 6.54 Å². The topological polar surface area (TPSA) is 15.3 Å². The molecule has 112 valence electrons. The summed E-state index contributed by atoms with van der Waals surface area (Å²) in [7, 11) is 1.95. The van der Waals surface area contributed by atoms with Gasteiger partial charge in [-0.25, -0.2) is 0 Å². The Kier molecular flexibility index (Phi) is 4.77. The van der Waals surface area contributed by atoms with Crippen LogP contribution in [-0.4, -0.2) is 42.8 Å². The Bertz CT molecular complexity index is 281. The molecule has 0 spiro atoms. The lowest BCUT2D eigenvalue weighted by molar-refractivity contribution is -0.147. The van der Waals surface area contributed by atoms with Crippen LogP contribution in [-0.2, 0) is 0 Å². The van der Waals surface area contributed by atoms with E-state index in [4.69, 9.17) is 0 Å². The van der Waals surface area contributed by atoms with Crippen LogP contribution in [0, 0.1) is 0 Å². The average Bonchev–Trinajstić information content (AvgIpc) is 3.18. The molecule has 0 aromatic carbocycles. The molecule has 2 fully saturated rings. The van der Waals surface area contributed by atoms with Crippen LogP contribution in [0.5, 0.6) is 0 Å². The van der Waals surface area contributed by atoms with Crippen molar-refractivity contribution in [1.82, 2.24) is 10.2 Å². The molecule has 0 bridgehead atoms. The van der Waals surface area contributed by atoms with Crippen LogP contribution in [0.1, 0.15) is 51.4 Å². The van der Waals surface area contributed by atoms with Gasteiger partial charge in [0.2, 0.25) is 0 Å². The van der Waals surface area contributed by atoms with E-state index in [-0.39, 0.29) is 11.6 Å². The van der Waals surface area contributed by atoms with E-state index in [0.29, 0.717) is 6.54 Å². The lowest BCUT2D eigenvalue weighted by atomic mass is 9.79. The van der Waals surface area contributed by atoms with Crippen molar-refractivity contribution < 1.29 is 13.2 Å². The molecule has 2 aliphatic rings. The van der Waals surface area contributed by atoms with Crippen molar-refractivity contribution in [2.75, 3.05) is 20.1 Å². The number of alkyl halides is 3. The van der Waals surface area contributed by atoms with Gasteiger partial charge in [0, 0.05) is 18.1 Å². The molecule has 0 unspecified atom stereocenters. The van der Waals surface area contributed by atoms with Gasteiger partial charge in [-0.3, -0.25) is 4.90 Å². The minimum absolute atomic E-state index is 0.0803. The summed E-state index contributed by atoms with van der Waals surface area (Å²) in [6.45, 7) is -0.164. The second-order valence-corrected chi connectivity index (χ2v) is 6.16. The van der Waals surface area contributed by atoms with Crippen LogP contribution in [0.2, 0.25) is 0 Å². The second-order valence-electron chi connectivity index (χ2n) is 6.16. The molecule has 2 aliphatic carbocycles. The first-order valence-corrected chi connectivity index (χ1v) is 7.44. The molecular formula is C14H25F3N2. The summed E-state index contributed by atoms with van der Waals surface area (Å²) in [5.41, 5.74) is 0.0803. The summed E-state index contributed by atoms with van der Waals surface area (Å²) in [6, 6.07) is 0.180. The van der Waals surface area contributed by atoms with Crippen molar-refractivity contribution in [3.05, 3.63) is 0 Å². The van der Waals surface area contributed by atoms with Crippen LogP contribution in [0.3, 0.4) is 0 Å². The van der Waals surface area contributed by atoms with Gasteiger partial charge in [0.15, 0.2) is 0 Å². The highest BCUT2D eigenvalue weighted by Gasteiger charge is 2.39. The first-order valence-electron chi connectivity index (χ1n) is 7.44. The fourth-order valence-electron chi connectivity index (χ4n) is 3.27. The van der Waals surface area contributed by atoms with Crippen LogP contribution < -0.4 is 5.32 Å². The monoisotopic (exact) mass is 278 g/mol. The van der Waals surface area contributed by atoms with Crippen LogP contribution >= 0.6 is 0 Å². The van der Waals surface area contributed by atoms with Gasteiger partial charge in [-0.2, -0.15) is 13.2 Å². The molecule has 19 heavy (non-hydrogen) atoms. The summed E-state index contributed by atoms with van der Waals surface area (Å²) >= 11 is 0. The zero-order valence-corrected chi connectivity index (χ0v) is 11.7. The SMILES string of the molecule is CNC1(CCN(CC(F)(F)F)C2CC2)CCCCC1. The average molecular weight is 278 g/mol. The smallest absolute Gasteiger partial charge is 0.314 e. The summed E-state index contributed by atoms with van der Waals surface area (Å²) in [6.07, 6.45) is 4.51. The molecular weight excluding hydrogens is 253 g/mol. The molecule has 0 amide bonds. The van der Waals surface area contributed by atoms with Crippen molar-refractivity contribution in [3.8, 4) is 0 Å². The van der Waals surface area contributed by atoms with Gasteiger partial charge in [0.1, 0.15) is 0 Å². The Morgan fingerprint density at radius 1 is 1.16 bits per heavy atom. The van der Waals surface area contributed by atoms with Crippen molar-refractivity contribution >= 4 is 0 Å². The highest BCUT2D eigenvalue weighted by molar-refractivity contribution is 4.93. The zero-order valence-electron chi connectivity index (χ0n) is 11.7. The van der Waals surface area contributed by atoms with E-state index in [1.807, 2.05) is 7.05 Å². The largest absolute Gasteiger partial charge is 0.401 e. The minimum atomic E-state index is -4.07. The van der Waals surface area contributed by atoms with Gasteiger partial charge in [-0.1, -0.05) is 19.3 Å². The Labute approximate surface area is 113 Å². The Morgan fingerprint density at radius 2 is 1.79 bits per heavy atom. The Hall–Kier alpha value is -0.290. The molecule has 2 rings (SSSR count). The van der Waals surface area contributed by atoms with Crippen LogP contribution in [0.4, 0.5) is 13.2 Å². The number of nitrogens with one attached hydrogen (secondary N) is 1. The third kappa shape index (κ3) is 4.63. The highest BCUT2D eigenvalue weighted by Crippen LogP contribution is 2.34. The molecule has 5 heteroatoms. The predicted octanol–water partition coefficient (Wildman–Crippen LogP) is 3.33. The fourth-order valence-corrected chi connectivity index (χ4v) is 3.27. The van der Waals surface area contributed by atoms with E-state index < -0.39 is 12.7 Å². The lowest BCUT2D eigenvalue weighted by Gasteiger charge is -2.39. The van der Waals surface area contributed by atoms with Crippen molar-refractivity contribution in [2.45, 2.75) is 69.1 Å². The number of hydrogen-bond donors (Lipinski definition) is 1. The zero-order chi connectivity index (χ0) is 13.9. The van der Waals surface area contributed by atoms with E-state index >= 15 is 0 Å². The predicted molar refractivity (Wildman–Crippen MR) is 70.1 cm³/mol. The Balaban J connectivity index is 1.86. The summed E-state index contributed by atoms with van der Waals surface area (Å²) < 4.78 is 37.7. The van der Waals surface area contributed by atoms with Gasteiger partial charge in [0.25, 0.3) is 0 Å². The van der Waals surface area contributed by atoms with Crippen molar-refractivity contribution in [1.29, 1.82) is 0 Å². The van der Waals surface area contributed by atoms with E-state index in [1.165, 1.54) is 19.3 Å². The van der Waals surface area contributed by atoms with Crippen molar-refractivity contribution in [2.24, 2.45) is 0 Å². The third-order valence-corrected chi connectivity index (χ3v) is 4.66. The highest BCUT2D eigenvalue weighted by atomic mass is 19.4. The summed E-state index contributed by atoms with van der Waals surface area (Å²) in [5, 5.41) is 3.39. The molecule has 0 aromatic heterocycles. The fraction of sp³-hybridized carbons (Fsp3) is 1.00. The van der Waals surface area contributed by atoms with Gasteiger partial charge < -0.3 is 5.32 Å². The van der Waals surface area contributed by atoms with Crippen LogP contribution in [0.25, 0.3) is 0 Å². The van der Waals surface area contributed by atoms with E-state index in [9.17, 15) is 13.2 Å². The molecule has 0 aromatic rings. The first kappa shape index (κ1) is 15.1. The molecule has 0 saturated heterocycles. The number of hydrogen-bond acceptors (Lipinski definition) is 2. The number of nitrogens with zero attached hydrogens (tertiary/aromatic N) is 1. The molecule has 0 heterocycles. The third-order valence-electron chi connectivity index (χ3n) is 4.66. The van der Waals surface area contributed by atoms with Gasteiger partial charge in [-0.05, 0) is 39.2 Å². The maximum Gasteiger partial charge on any atom is 0.401 e. The molecule has 2 nitrogen and oxygen atoms in total. The standard InChI is InChI=1S/C14H25F3N2/c1-18-13(7-3-2-4-8-13)9-10-19(12-5-6-12)11-14(15,16)17/h12,18H,2-11H2,1H3.